The second kappa shape index (κ2) is 8.43. The van der Waals surface area contributed by atoms with E-state index in [0.29, 0.717) is 6.42 Å². The number of hydrogen-bond acceptors (Lipinski definition) is 1. The lowest BCUT2D eigenvalue weighted by Gasteiger charge is -2.29. The molecule has 0 aliphatic rings. The molecule has 0 unspecified atom stereocenters. The molecule has 0 fully saturated rings. The third kappa shape index (κ3) is 5.13. The predicted octanol–water partition coefficient (Wildman–Crippen LogP) is 4.11. The van der Waals surface area contributed by atoms with Crippen LogP contribution in [0.3, 0.4) is 0 Å². The smallest absolute Gasteiger partial charge is 0.313 e. The largest absolute Gasteiger partial charge is 0.400 e. The molecule has 3 aromatic carbocycles. The Balaban J connectivity index is 2.04. The minimum atomic E-state index is -4.40. The summed E-state index contributed by atoms with van der Waals surface area (Å²) in [6.45, 7) is 0. The van der Waals surface area contributed by atoms with Gasteiger partial charge in [0.05, 0.1) is 0 Å². The molecule has 1 atom stereocenters. The fourth-order valence-electron chi connectivity index (χ4n) is 3.30. The molecular weight excluding hydrogens is 345 g/mol. The zero-order valence-electron chi connectivity index (χ0n) is 14.3. The van der Waals surface area contributed by atoms with Crippen LogP contribution in [0.1, 0.15) is 22.6 Å². The van der Waals surface area contributed by atoms with E-state index in [-0.39, 0.29) is 5.92 Å². The molecule has 0 saturated carbocycles. The summed E-state index contributed by atoms with van der Waals surface area (Å²) in [7, 11) is -4.40. The lowest BCUT2D eigenvalue weighted by molar-refractivity contribution is 0.341. The van der Waals surface area contributed by atoms with Gasteiger partial charge in [0.2, 0.25) is 0 Å². The first-order chi connectivity index (χ1) is 12.5. The zero-order valence-corrected chi connectivity index (χ0v) is 15.2. The van der Waals surface area contributed by atoms with Gasteiger partial charge in [-0.1, -0.05) is 91.0 Å². The predicted molar refractivity (Wildman–Crippen MR) is 104 cm³/mol. The van der Waals surface area contributed by atoms with Crippen LogP contribution in [-0.2, 0) is 11.0 Å². The summed E-state index contributed by atoms with van der Waals surface area (Å²) < 4.78 is 11.8. The molecule has 26 heavy (non-hydrogen) atoms. The van der Waals surface area contributed by atoms with E-state index >= 15 is 0 Å². The first kappa shape index (κ1) is 18.6. The van der Waals surface area contributed by atoms with E-state index in [1.165, 1.54) is 0 Å². The molecule has 3 N–H and O–H groups in total. The Morgan fingerprint density at radius 1 is 0.731 bits per heavy atom. The SMILES string of the molecule is O=P(O)(O)N[C@@H](Cc1ccccc1)C(c1ccccc1)c1ccccc1. The van der Waals surface area contributed by atoms with Crippen molar-refractivity contribution < 1.29 is 14.4 Å². The Bertz CT molecular complexity index is 811. The van der Waals surface area contributed by atoms with Gasteiger partial charge in [-0.05, 0) is 23.1 Å². The summed E-state index contributed by atoms with van der Waals surface area (Å²) in [5, 5.41) is 2.57. The topological polar surface area (TPSA) is 69.6 Å². The van der Waals surface area contributed by atoms with Gasteiger partial charge < -0.3 is 9.79 Å². The van der Waals surface area contributed by atoms with Crippen molar-refractivity contribution in [3.05, 3.63) is 108 Å². The van der Waals surface area contributed by atoms with Crippen LogP contribution in [-0.4, -0.2) is 15.8 Å². The molecule has 0 aliphatic heterocycles. The van der Waals surface area contributed by atoms with Crippen LogP contribution in [0.25, 0.3) is 0 Å². The molecule has 0 heterocycles. The molecule has 0 spiro atoms. The average molecular weight is 367 g/mol. The van der Waals surface area contributed by atoms with Crippen LogP contribution < -0.4 is 5.09 Å². The van der Waals surface area contributed by atoms with Crippen molar-refractivity contribution in [3.8, 4) is 0 Å². The van der Waals surface area contributed by atoms with Crippen molar-refractivity contribution in [2.75, 3.05) is 0 Å². The van der Waals surface area contributed by atoms with Crippen molar-refractivity contribution in [2.45, 2.75) is 18.4 Å². The van der Waals surface area contributed by atoms with Crippen molar-refractivity contribution in [1.29, 1.82) is 0 Å². The third-order valence-electron chi connectivity index (χ3n) is 4.35. The van der Waals surface area contributed by atoms with E-state index in [2.05, 4.69) is 5.09 Å². The minimum absolute atomic E-state index is 0.190. The summed E-state index contributed by atoms with van der Waals surface area (Å²) in [6, 6.07) is 28.9. The molecule has 0 aromatic heterocycles. The second-order valence-corrected chi connectivity index (χ2v) is 7.61. The van der Waals surface area contributed by atoms with E-state index in [4.69, 9.17) is 0 Å². The van der Waals surface area contributed by atoms with Crippen LogP contribution in [0.4, 0.5) is 0 Å². The van der Waals surface area contributed by atoms with Gasteiger partial charge in [0, 0.05) is 12.0 Å². The van der Waals surface area contributed by atoms with Crippen LogP contribution in [0.15, 0.2) is 91.0 Å². The van der Waals surface area contributed by atoms with Crippen LogP contribution in [0.5, 0.6) is 0 Å². The van der Waals surface area contributed by atoms with Gasteiger partial charge in [-0.25, -0.2) is 9.65 Å². The molecule has 3 aromatic rings. The summed E-state index contributed by atoms with van der Waals surface area (Å²) in [6.07, 6.45) is 0.500. The normalized spacial score (nSPS) is 12.9. The Kier molecular flexibility index (Phi) is 6.02. The summed E-state index contributed by atoms with van der Waals surface area (Å²) in [5.74, 6) is -0.190. The van der Waals surface area contributed by atoms with Crippen LogP contribution in [0, 0.1) is 0 Å². The molecule has 0 saturated heterocycles. The standard InChI is InChI=1S/C21H22NO3P/c23-26(24,25)22-20(16-17-10-4-1-5-11-17)21(18-12-6-2-7-13-18)19-14-8-3-9-15-19/h1-15,20-21H,16H2,(H3,22,23,24,25)/t20-/m0/s1. The van der Waals surface area contributed by atoms with Gasteiger partial charge in [-0.3, -0.25) is 0 Å². The molecule has 0 aliphatic carbocycles. The third-order valence-corrected chi connectivity index (χ3v) is 5.02. The number of rotatable bonds is 7. The average Bonchev–Trinajstić information content (AvgIpc) is 2.63. The molecule has 134 valence electrons. The lowest BCUT2D eigenvalue weighted by Crippen LogP contribution is -2.35. The zero-order chi connectivity index (χ0) is 18.4. The monoisotopic (exact) mass is 367 g/mol. The summed E-state index contributed by atoms with van der Waals surface area (Å²) in [4.78, 5) is 19.2. The second-order valence-electron chi connectivity index (χ2n) is 6.27. The number of benzene rings is 3. The molecule has 3 rings (SSSR count). The molecule has 4 nitrogen and oxygen atoms in total. The highest BCUT2D eigenvalue weighted by molar-refractivity contribution is 7.49. The van der Waals surface area contributed by atoms with Gasteiger partial charge in [0.15, 0.2) is 0 Å². The number of nitrogens with one attached hydrogen (secondary N) is 1. The molecule has 0 amide bonds. The molecular formula is C21H22NO3P. The summed E-state index contributed by atoms with van der Waals surface area (Å²) >= 11 is 0. The fourth-order valence-corrected chi connectivity index (χ4v) is 3.97. The van der Waals surface area contributed by atoms with Crippen LogP contribution in [0.2, 0.25) is 0 Å². The maximum Gasteiger partial charge on any atom is 0.400 e. The van der Waals surface area contributed by atoms with Gasteiger partial charge in [-0.2, -0.15) is 0 Å². The first-order valence-corrected chi connectivity index (χ1v) is 10.1. The van der Waals surface area contributed by atoms with Crippen LogP contribution >= 0.6 is 7.75 Å². The lowest BCUT2D eigenvalue weighted by atomic mass is 9.83. The Labute approximate surface area is 153 Å². The Hall–Kier alpha value is -2.23. The van der Waals surface area contributed by atoms with Gasteiger partial charge in [0.1, 0.15) is 0 Å². The highest BCUT2D eigenvalue weighted by Crippen LogP contribution is 2.37. The fraction of sp³-hybridized carbons (Fsp3) is 0.143. The molecule has 5 heteroatoms. The van der Waals surface area contributed by atoms with E-state index in [9.17, 15) is 14.4 Å². The van der Waals surface area contributed by atoms with E-state index in [1.807, 2.05) is 91.0 Å². The maximum atomic E-state index is 11.8. The highest BCUT2D eigenvalue weighted by Gasteiger charge is 2.30. The van der Waals surface area contributed by atoms with Crippen molar-refractivity contribution >= 4 is 7.75 Å². The maximum absolute atomic E-state index is 11.8. The Morgan fingerprint density at radius 3 is 1.58 bits per heavy atom. The van der Waals surface area contributed by atoms with Crippen molar-refractivity contribution in [1.82, 2.24) is 5.09 Å². The van der Waals surface area contributed by atoms with Gasteiger partial charge in [-0.15, -0.1) is 0 Å². The van der Waals surface area contributed by atoms with Crippen molar-refractivity contribution in [3.63, 3.8) is 0 Å². The molecule has 0 radical (unpaired) electrons. The van der Waals surface area contributed by atoms with E-state index < -0.39 is 13.8 Å². The molecule has 0 bridgehead atoms. The Morgan fingerprint density at radius 2 is 1.15 bits per heavy atom. The number of hydrogen-bond donors (Lipinski definition) is 3. The minimum Gasteiger partial charge on any atom is -0.313 e. The van der Waals surface area contributed by atoms with Gasteiger partial charge in [0.25, 0.3) is 0 Å². The van der Waals surface area contributed by atoms with Gasteiger partial charge >= 0.3 is 7.75 Å². The highest BCUT2D eigenvalue weighted by atomic mass is 31.2. The van der Waals surface area contributed by atoms with E-state index in [1.54, 1.807) is 0 Å². The summed E-state index contributed by atoms with van der Waals surface area (Å²) in [5.41, 5.74) is 3.05. The quantitative estimate of drug-likeness (QED) is 0.550. The van der Waals surface area contributed by atoms with Crippen molar-refractivity contribution in [2.24, 2.45) is 0 Å². The first-order valence-electron chi connectivity index (χ1n) is 8.50. The van der Waals surface area contributed by atoms with E-state index in [0.717, 1.165) is 16.7 Å².